The molecule has 0 aromatic heterocycles. The zero-order chi connectivity index (χ0) is 26.1. The number of carbonyl (C=O) groups excluding carboxylic acids is 2. The van der Waals surface area contributed by atoms with Crippen LogP contribution in [0.5, 0.6) is 5.75 Å². The molecule has 0 bridgehead atoms. The van der Waals surface area contributed by atoms with Gasteiger partial charge in [-0.2, -0.15) is 0 Å². The lowest BCUT2D eigenvalue weighted by Crippen LogP contribution is -2.30. The van der Waals surface area contributed by atoms with Crippen molar-refractivity contribution in [3.63, 3.8) is 0 Å². The first-order chi connectivity index (χ1) is 17.3. The molecule has 3 aromatic carbocycles. The van der Waals surface area contributed by atoms with Crippen molar-refractivity contribution in [1.82, 2.24) is 5.32 Å². The lowest BCUT2D eigenvalue weighted by molar-refractivity contribution is -0.384. The van der Waals surface area contributed by atoms with Gasteiger partial charge in [0.1, 0.15) is 16.5 Å². The lowest BCUT2D eigenvalue weighted by atomic mass is 10.1. The van der Waals surface area contributed by atoms with Gasteiger partial charge in [0, 0.05) is 21.8 Å². The van der Waals surface area contributed by atoms with E-state index >= 15 is 0 Å². The predicted octanol–water partition coefficient (Wildman–Crippen LogP) is 6.60. The summed E-state index contributed by atoms with van der Waals surface area (Å²) in [5.74, 6) is -0.522. The SMILES string of the molecule is CCCCOc1ccc(C(=O)NC(=Cc2ccc(Br)cc2)C(=O)Nc2ccc(Cl)c([N+](=O)[O-])c2)cc1. The number of nitro benzene ring substituents is 1. The second kappa shape index (κ2) is 12.9. The molecule has 186 valence electrons. The van der Waals surface area contributed by atoms with Crippen molar-refractivity contribution in [3.05, 3.63) is 103 Å². The van der Waals surface area contributed by atoms with E-state index in [-0.39, 0.29) is 22.1 Å². The van der Waals surface area contributed by atoms with E-state index in [1.54, 1.807) is 48.5 Å². The number of anilines is 1. The molecule has 3 aromatic rings. The topological polar surface area (TPSA) is 111 Å². The highest BCUT2D eigenvalue weighted by Gasteiger charge is 2.18. The zero-order valence-corrected chi connectivity index (χ0v) is 21.6. The minimum atomic E-state index is -0.664. The number of benzene rings is 3. The molecule has 0 saturated carbocycles. The van der Waals surface area contributed by atoms with Crippen LogP contribution in [-0.4, -0.2) is 23.3 Å². The third-order valence-electron chi connectivity index (χ3n) is 4.96. The predicted molar refractivity (Wildman–Crippen MR) is 143 cm³/mol. The molecule has 0 aliphatic heterocycles. The van der Waals surface area contributed by atoms with Crippen molar-refractivity contribution < 1.29 is 19.2 Å². The van der Waals surface area contributed by atoms with Crippen LogP contribution in [0.15, 0.2) is 76.9 Å². The molecule has 2 N–H and O–H groups in total. The minimum Gasteiger partial charge on any atom is -0.494 e. The fourth-order valence-corrected chi connectivity index (χ4v) is 3.50. The van der Waals surface area contributed by atoms with Crippen molar-refractivity contribution in [2.24, 2.45) is 0 Å². The molecule has 0 aliphatic rings. The quantitative estimate of drug-likeness (QED) is 0.123. The summed E-state index contributed by atoms with van der Waals surface area (Å²) in [7, 11) is 0. The van der Waals surface area contributed by atoms with E-state index in [2.05, 4.69) is 33.5 Å². The van der Waals surface area contributed by atoms with E-state index < -0.39 is 16.7 Å². The highest BCUT2D eigenvalue weighted by molar-refractivity contribution is 9.10. The molecule has 0 atom stereocenters. The lowest BCUT2D eigenvalue weighted by Gasteiger charge is -2.12. The van der Waals surface area contributed by atoms with Crippen molar-refractivity contribution in [1.29, 1.82) is 0 Å². The molecule has 36 heavy (non-hydrogen) atoms. The van der Waals surface area contributed by atoms with E-state index in [1.807, 2.05) is 0 Å². The monoisotopic (exact) mass is 571 g/mol. The number of hydrogen-bond donors (Lipinski definition) is 2. The first-order valence-corrected chi connectivity index (χ1v) is 12.2. The molecule has 0 saturated heterocycles. The summed E-state index contributed by atoms with van der Waals surface area (Å²) in [5.41, 5.74) is 0.738. The molecule has 0 heterocycles. The van der Waals surface area contributed by atoms with E-state index in [0.29, 0.717) is 23.5 Å². The third kappa shape index (κ3) is 7.66. The van der Waals surface area contributed by atoms with E-state index in [4.69, 9.17) is 16.3 Å². The molecule has 0 fully saturated rings. The van der Waals surface area contributed by atoms with Crippen LogP contribution in [0.25, 0.3) is 6.08 Å². The van der Waals surface area contributed by atoms with Gasteiger partial charge < -0.3 is 15.4 Å². The van der Waals surface area contributed by atoms with Crippen LogP contribution in [0.1, 0.15) is 35.7 Å². The Hall–Kier alpha value is -3.69. The number of ether oxygens (including phenoxy) is 1. The van der Waals surface area contributed by atoms with Crippen LogP contribution in [0.4, 0.5) is 11.4 Å². The Morgan fingerprint density at radius 1 is 1.08 bits per heavy atom. The highest BCUT2D eigenvalue weighted by atomic mass is 79.9. The molecule has 8 nitrogen and oxygen atoms in total. The van der Waals surface area contributed by atoms with Gasteiger partial charge in [-0.05, 0) is 66.6 Å². The van der Waals surface area contributed by atoms with Crippen molar-refractivity contribution >= 4 is 56.8 Å². The number of carbonyl (C=O) groups is 2. The van der Waals surface area contributed by atoms with Crippen LogP contribution in [0, 0.1) is 10.1 Å². The van der Waals surface area contributed by atoms with Crippen LogP contribution in [0.3, 0.4) is 0 Å². The second-order valence-corrected chi connectivity index (χ2v) is 8.99. The fraction of sp³-hybridized carbons (Fsp3) is 0.154. The molecule has 10 heteroatoms. The average Bonchev–Trinajstić information content (AvgIpc) is 2.86. The maximum atomic E-state index is 13.1. The summed E-state index contributed by atoms with van der Waals surface area (Å²) in [4.78, 5) is 36.6. The minimum absolute atomic E-state index is 0.0526. The van der Waals surface area contributed by atoms with Crippen LogP contribution in [-0.2, 0) is 4.79 Å². The molecule has 0 spiro atoms. The summed E-state index contributed by atoms with van der Waals surface area (Å²) in [6, 6.07) is 17.6. The Morgan fingerprint density at radius 2 is 1.78 bits per heavy atom. The number of nitro groups is 1. The highest BCUT2D eigenvalue weighted by Crippen LogP contribution is 2.27. The van der Waals surface area contributed by atoms with E-state index in [9.17, 15) is 19.7 Å². The summed E-state index contributed by atoms with van der Waals surface area (Å²) >= 11 is 9.22. The largest absolute Gasteiger partial charge is 0.494 e. The Kier molecular flexibility index (Phi) is 9.61. The Labute approximate surface area is 221 Å². The molecule has 3 rings (SSSR count). The fourth-order valence-electron chi connectivity index (χ4n) is 3.04. The summed E-state index contributed by atoms with van der Waals surface area (Å²) in [6.45, 7) is 2.66. The maximum absolute atomic E-state index is 13.1. The molecule has 0 unspecified atom stereocenters. The number of amides is 2. The van der Waals surface area contributed by atoms with Gasteiger partial charge in [0.2, 0.25) is 0 Å². The van der Waals surface area contributed by atoms with Gasteiger partial charge in [0.25, 0.3) is 17.5 Å². The summed E-state index contributed by atoms with van der Waals surface area (Å²) in [6.07, 6.45) is 3.45. The van der Waals surface area contributed by atoms with E-state index in [0.717, 1.165) is 23.4 Å². The Balaban J connectivity index is 1.83. The van der Waals surface area contributed by atoms with Crippen molar-refractivity contribution in [2.75, 3.05) is 11.9 Å². The number of nitrogens with one attached hydrogen (secondary N) is 2. The number of rotatable bonds is 10. The Bertz CT molecular complexity index is 1280. The van der Waals surface area contributed by atoms with E-state index in [1.165, 1.54) is 18.2 Å². The van der Waals surface area contributed by atoms with Gasteiger partial charge in [-0.15, -0.1) is 0 Å². The standard InChI is InChI=1S/C26H23BrClN3O5/c1-2-3-14-36-21-11-6-18(7-12-21)25(32)30-23(15-17-4-8-19(27)9-5-17)26(33)29-20-10-13-22(28)24(16-20)31(34)35/h4-13,15-16H,2-3,14H2,1H3,(H,29,33)(H,30,32). The van der Waals surface area contributed by atoms with Gasteiger partial charge in [0.05, 0.1) is 11.5 Å². The van der Waals surface area contributed by atoms with Crippen molar-refractivity contribution in [2.45, 2.75) is 19.8 Å². The average molecular weight is 573 g/mol. The molecule has 0 aliphatic carbocycles. The number of hydrogen-bond acceptors (Lipinski definition) is 5. The van der Waals surface area contributed by atoms with Crippen LogP contribution in [0.2, 0.25) is 5.02 Å². The molecular weight excluding hydrogens is 550 g/mol. The maximum Gasteiger partial charge on any atom is 0.289 e. The van der Waals surface area contributed by atoms with Gasteiger partial charge >= 0.3 is 0 Å². The molecular formula is C26H23BrClN3O5. The van der Waals surface area contributed by atoms with Gasteiger partial charge in [-0.1, -0.05) is 53.0 Å². The van der Waals surface area contributed by atoms with Crippen molar-refractivity contribution in [3.8, 4) is 5.75 Å². The first-order valence-electron chi connectivity index (χ1n) is 11.0. The molecule has 0 radical (unpaired) electrons. The molecule has 2 amide bonds. The van der Waals surface area contributed by atoms with Crippen LogP contribution >= 0.6 is 27.5 Å². The third-order valence-corrected chi connectivity index (χ3v) is 5.81. The summed E-state index contributed by atoms with van der Waals surface area (Å²) in [5, 5.41) is 16.3. The number of unbranched alkanes of at least 4 members (excludes halogenated alkanes) is 1. The normalized spacial score (nSPS) is 11.0. The Morgan fingerprint density at radius 3 is 2.42 bits per heavy atom. The van der Waals surface area contributed by atoms with Gasteiger partial charge in [0.15, 0.2) is 0 Å². The number of halogens is 2. The van der Waals surface area contributed by atoms with Gasteiger partial charge in [-0.3, -0.25) is 19.7 Å². The van der Waals surface area contributed by atoms with Gasteiger partial charge in [-0.25, -0.2) is 0 Å². The zero-order valence-electron chi connectivity index (χ0n) is 19.3. The number of nitrogens with zero attached hydrogens (tertiary/aromatic N) is 1. The smallest absolute Gasteiger partial charge is 0.289 e. The van der Waals surface area contributed by atoms with Crippen LogP contribution < -0.4 is 15.4 Å². The second-order valence-electron chi connectivity index (χ2n) is 7.67. The first kappa shape index (κ1) is 26.9. The summed E-state index contributed by atoms with van der Waals surface area (Å²) < 4.78 is 6.47.